The number of piperazine rings is 1. The van der Waals surface area contributed by atoms with Gasteiger partial charge in [-0.1, -0.05) is 30.3 Å². The molecule has 8 heteroatoms. The fraction of sp³-hybridized carbons (Fsp3) is 0.345. The minimum Gasteiger partial charge on any atom is -0.369 e. The molecular formula is C29H33FN6O. The van der Waals surface area contributed by atoms with Crippen LogP contribution >= 0.6 is 0 Å². The minimum absolute atomic E-state index is 0.195. The van der Waals surface area contributed by atoms with E-state index in [2.05, 4.69) is 33.6 Å². The third-order valence-corrected chi connectivity index (χ3v) is 6.59. The lowest BCUT2D eigenvalue weighted by atomic mass is 10.0. The number of anilines is 1. The zero-order chi connectivity index (χ0) is 26.0. The van der Waals surface area contributed by atoms with Crippen LogP contribution in [0.2, 0.25) is 0 Å². The van der Waals surface area contributed by atoms with Crippen LogP contribution in [-0.2, 0) is 6.42 Å². The zero-order valence-corrected chi connectivity index (χ0v) is 21.2. The van der Waals surface area contributed by atoms with Gasteiger partial charge in [0.2, 0.25) is 0 Å². The second-order valence-corrected chi connectivity index (χ2v) is 9.31. The second-order valence-electron chi connectivity index (χ2n) is 9.31. The molecule has 0 atom stereocenters. The van der Waals surface area contributed by atoms with Crippen molar-refractivity contribution < 1.29 is 9.18 Å². The van der Waals surface area contributed by atoms with Gasteiger partial charge in [-0.15, -0.1) is 0 Å². The zero-order valence-electron chi connectivity index (χ0n) is 21.2. The van der Waals surface area contributed by atoms with E-state index >= 15 is 0 Å². The molecule has 0 saturated carbocycles. The first-order chi connectivity index (χ1) is 18.0. The van der Waals surface area contributed by atoms with E-state index in [1.165, 1.54) is 12.1 Å². The molecule has 0 aliphatic carbocycles. The van der Waals surface area contributed by atoms with Crippen molar-refractivity contribution >= 4 is 11.7 Å². The summed E-state index contributed by atoms with van der Waals surface area (Å²) in [7, 11) is 2.14. The topological polar surface area (TPSA) is 84.3 Å². The van der Waals surface area contributed by atoms with Crippen molar-refractivity contribution in [3.63, 3.8) is 0 Å². The van der Waals surface area contributed by atoms with Gasteiger partial charge in [-0.2, -0.15) is 5.26 Å². The van der Waals surface area contributed by atoms with Crippen LogP contribution in [0.25, 0.3) is 11.3 Å². The number of halogens is 1. The monoisotopic (exact) mass is 500 g/mol. The highest BCUT2D eigenvalue weighted by molar-refractivity contribution is 5.99. The number of rotatable bonds is 10. The highest BCUT2D eigenvalue weighted by Gasteiger charge is 2.17. The highest BCUT2D eigenvalue weighted by Crippen LogP contribution is 2.25. The molecule has 2 heterocycles. The maximum atomic E-state index is 13.6. The number of amides is 1. The van der Waals surface area contributed by atoms with Crippen molar-refractivity contribution in [2.75, 3.05) is 58.2 Å². The summed E-state index contributed by atoms with van der Waals surface area (Å²) in [5.41, 5.74) is 3.13. The predicted octanol–water partition coefficient (Wildman–Crippen LogP) is 3.78. The van der Waals surface area contributed by atoms with Gasteiger partial charge >= 0.3 is 0 Å². The predicted molar refractivity (Wildman–Crippen MR) is 144 cm³/mol. The van der Waals surface area contributed by atoms with E-state index in [9.17, 15) is 14.4 Å². The molecule has 2 N–H and O–H groups in total. The molecular weight excluding hydrogens is 467 g/mol. The summed E-state index contributed by atoms with van der Waals surface area (Å²) in [6, 6.07) is 19.4. The van der Waals surface area contributed by atoms with E-state index in [-0.39, 0.29) is 11.7 Å². The van der Waals surface area contributed by atoms with Gasteiger partial charge in [0.05, 0.1) is 22.9 Å². The maximum Gasteiger partial charge on any atom is 0.255 e. The number of benzene rings is 2. The van der Waals surface area contributed by atoms with E-state index in [1.807, 2.05) is 24.3 Å². The van der Waals surface area contributed by atoms with Crippen molar-refractivity contribution in [2.45, 2.75) is 12.8 Å². The normalized spacial score (nSPS) is 14.2. The summed E-state index contributed by atoms with van der Waals surface area (Å²) in [6.45, 7) is 6.26. The Balaban J connectivity index is 1.44. The van der Waals surface area contributed by atoms with Gasteiger partial charge in [-0.25, -0.2) is 9.37 Å². The van der Waals surface area contributed by atoms with Gasteiger partial charge in [0.25, 0.3) is 5.91 Å². The number of pyridine rings is 1. The smallest absolute Gasteiger partial charge is 0.255 e. The molecule has 0 unspecified atom stereocenters. The molecule has 1 fully saturated rings. The molecule has 192 valence electrons. The van der Waals surface area contributed by atoms with Gasteiger partial charge in [-0.3, -0.25) is 4.79 Å². The lowest BCUT2D eigenvalue weighted by molar-refractivity contribution is 0.0950. The molecule has 4 rings (SSSR count). The van der Waals surface area contributed by atoms with Crippen LogP contribution in [0, 0.1) is 17.1 Å². The number of nitrogens with zero attached hydrogens (tertiary/aromatic N) is 4. The molecule has 7 nitrogen and oxygen atoms in total. The van der Waals surface area contributed by atoms with E-state index < -0.39 is 0 Å². The number of nitriles is 1. The Morgan fingerprint density at radius 1 is 1.05 bits per heavy atom. The lowest BCUT2D eigenvalue weighted by Gasteiger charge is -2.32. The fourth-order valence-corrected chi connectivity index (χ4v) is 4.42. The first-order valence-corrected chi connectivity index (χ1v) is 12.7. The number of carbonyl (C=O) groups excluding carboxylic acids is 1. The second kappa shape index (κ2) is 12.9. The summed E-state index contributed by atoms with van der Waals surface area (Å²) in [6.07, 6.45) is 1.45. The van der Waals surface area contributed by atoms with Crippen molar-refractivity contribution in [1.82, 2.24) is 20.1 Å². The van der Waals surface area contributed by atoms with Gasteiger partial charge < -0.3 is 20.4 Å². The van der Waals surface area contributed by atoms with Gasteiger partial charge in [0, 0.05) is 44.8 Å². The molecule has 0 radical (unpaired) electrons. The van der Waals surface area contributed by atoms with Crippen molar-refractivity contribution in [2.24, 2.45) is 0 Å². The summed E-state index contributed by atoms with van der Waals surface area (Å²) >= 11 is 0. The van der Waals surface area contributed by atoms with E-state index in [1.54, 1.807) is 24.3 Å². The van der Waals surface area contributed by atoms with Gasteiger partial charge in [0.15, 0.2) is 0 Å². The first kappa shape index (κ1) is 26.3. The third kappa shape index (κ3) is 7.35. The van der Waals surface area contributed by atoms with E-state index in [4.69, 9.17) is 4.98 Å². The summed E-state index contributed by atoms with van der Waals surface area (Å²) in [5, 5.41) is 15.8. The standard InChI is InChI=1S/C29H33FN6O/c1-35-16-18-36(19-17-35)15-5-13-33-29(37)26-10-11-27(25-9-3-2-7-23(25)21-31)34-28(26)32-14-12-22-6-4-8-24(30)20-22/h2-4,6-11,20H,5,12-19H2,1H3,(H,32,34)(H,33,37). The fourth-order valence-electron chi connectivity index (χ4n) is 4.42. The number of carbonyl (C=O) groups is 1. The lowest BCUT2D eigenvalue weighted by Crippen LogP contribution is -2.45. The first-order valence-electron chi connectivity index (χ1n) is 12.7. The summed E-state index contributed by atoms with van der Waals surface area (Å²) < 4.78 is 13.6. The number of nitrogens with one attached hydrogen (secondary N) is 2. The average molecular weight is 501 g/mol. The number of hydrogen-bond acceptors (Lipinski definition) is 6. The maximum absolute atomic E-state index is 13.6. The molecule has 1 aromatic heterocycles. The number of hydrogen-bond donors (Lipinski definition) is 2. The highest BCUT2D eigenvalue weighted by atomic mass is 19.1. The van der Waals surface area contributed by atoms with Gasteiger partial charge in [-0.05, 0) is 62.3 Å². The van der Waals surface area contributed by atoms with Crippen LogP contribution < -0.4 is 10.6 Å². The Morgan fingerprint density at radius 3 is 2.65 bits per heavy atom. The Hall–Kier alpha value is -3.80. The Morgan fingerprint density at radius 2 is 1.86 bits per heavy atom. The molecule has 1 aliphatic heterocycles. The number of aromatic nitrogens is 1. The van der Waals surface area contributed by atoms with Crippen LogP contribution in [-0.4, -0.2) is 73.6 Å². The largest absolute Gasteiger partial charge is 0.369 e. The van der Waals surface area contributed by atoms with Crippen LogP contribution in [0.4, 0.5) is 10.2 Å². The quantitative estimate of drug-likeness (QED) is 0.412. The van der Waals surface area contributed by atoms with E-state index in [0.29, 0.717) is 47.7 Å². The molecule has 0 spiro atoms. The molecule has 1 saturated heterocycles. The Kier molecular flexibility index (Phi) is 9.19. The molecule has 37 heavy (non-hydrogen) atoms. The average Bonchev–Trinajstić information content (AvgIpc) is 2.92. The Bertz CT molecular complexity index is 1250. The van der Waals surface area contributed by atoms with Crippen LogP contribution in [0.5, 0.6) is 0 Å². The molecule has 1 amide bonds. The molecule has 2 aromatic carbocycles. The molecule has 0 bridgehead atoms. The number of likely N-dealkylation sites (N-methyl/N-ethyl adjacent to an activating group) is 1. The summed E-state index contributed by atoms with van der Waals surface area (Å²) in [4.78, 5) is 22.6. The third-order valence-electron chi connectivity index (χ3n) is 6.59. The summed E-state index contributed by atoms with van der Waals surface area (Å²) in [5.74, 6) is -0.0279. The molecule has 3 aromatic rings. The van der Waals surface area contributed by atoms with Crippen molar-refractivity contribution in [1.29, 1.82) is 5.26 Å². The van der Waals surface area contributed by atoms with Crippen LogP contribution in [0.1, 0.15) is 27.9 Å². The van der Waals surface area contributed by atoms with Crippen LogP contribution in [0.15, 0.2) is 60.7 Å². The van der Waals surface area contributed by atoms with Gasteiger partial charge in [0.1, 0.15) is 11.6 Å². The minimum atomic E-state index is -0.276. The van der Waals surface area contributed by atoms with Crippen LogP contribution in [0.3, 0.4) is 0 Å². The van der Waals surface area contributed by atoms with Crippen molar-refractivity contribution in [3.8, 4) is 17.3 Å². The SMILES string of the molecule is CN1CCN(CCCNC(=O)c2ccc(-c3ccccc3C#N)nc2NCCc2cccc(F)c2)CC1. The van der Waals surface area contributed by atoms with E-state index in [0.717, 1.165) is 44.7 Å². The molecule has 1 aliphatic rings. The van der Waals surface area contributed by atoms with Crippen molar-refractivity contribution in [3.05, 3.63) is 83.2 Å². The Labute approximate surface area is 217 Å².